The largest absolute Gasteiger partial charge is 0.439 e. The van der Waals surface area contributed by atoms with Crippen molar-refractivity contribution in [3.63, 3.8) is 0 Å². The highest BCUT2D eigenvalue weighted by atomic mass is 35.5. The number of rotatable bonds is 5. The topological polar surface area (TPSA) is 55.3 Å². The first kappa shape index (κ1) is 16.7. The lowest BCUT2D eigenvalue weighted by atomic mass is 10.1. The zero-order chi connectivity index (χ0) is 17.3. The van der Waals surface area contributed by atoms with E-state index in [1.807, 2.05) is 51.2 Å². The van der Waals surface area contributed by atoms with E-state index in [1.165, 1.54) is 0 Å². The van der Waals surface area contributed by atoms with Gasteiger partial charge >= 0.3 is 0 Å². The molecule has 1 aromatic carbocycles. The summed E-state index contributed by atoms with van der Waals surface area (Å²) in [7, 11) is 2.01. The molecule has 3 aromatic rings. The van der Waals surface area contributed by atoms with Crippen molar-refractivity contribution in [3.05, 3.63) is 58.4 Å². The van der Waals surface area contributed by atoms with Crippen molar-refractivity contribution in [2.75, 3.05) is 7.05 Å². The Morgan fingerprint density at radius 3 is 2.54 bits per heavy atom. The van der Waals surface area contributed by atoms with E-state index >= 15 is 0 Å². The van der Waals surface area contributed by atoms with Crippen LogP contribution in [0, 0.1) is 13.8 Å². The molecule has 0 bridgehead atoms. The molecule has 0 saturated carbocycles. The van der Waals surface area contributed by atoms with Gasteiger partial charge in [-0.05, 0) is 52.1 Å². The summed E-state index contributed by atoms with van der Waals surface area (Å²) in [5.41, 5.74) is 2.73. The third-order valence-corrected chi connectivity index (χ3v) is 4.28. The molecule has 0 amide bonds. The minimum Gasteiger partial charge on any atom is -0.439 e. The van der Waals surface area contributed by atoms with Crippen LogP contribution in [-0.2, 0) is 6.54 Å². The van der Waals surface area contributed by atoms with Gasteiger partial charge in [0.05, 0.1) is 17.4 Å². The quantitative estimate of drug-likeness (QED) is 0.665. The van der Waals surface area contributed by atoms with Crippen molar-refractivity contribution < 1.29 is 8.94 Å². The van der Waals surface area contributed by atoms with Gasteiger partial charge < -0.3 is 8.94 Å². The Morgan fingerprint density at radius 2 is 1.92 bits per heavy atom. The number of halogens is 1. The third kappa shape index (κ3) is 3.52. The van der Waals surface area contributed by atoms with Crippen LogP contribution in [-0.4, -0.2) is 22.1 Å². The van der Waals surface area contributed by atoms with Crippen molar-refractivity contribution in [2.24, 2.45) is 0 Å². The van der Waals surface area contributed by atoms with E-state index in [2.05, 4.69) is 22.0 Å². The Labute approximate surface area is 146 Å². The van der Waals surface area contributed by atoms with Crippen LogP contribution in [0.25, 0.3) is 11.3 Å². The fourth-order valence-electron chi connectivity index (χ4n) is 2.54. The number of hydrogen-bond acceptors (Lipinski definition) is 5. The second-order valence-corrected chi connectivity index (χ2v) is 6.43. The maximum atomic E-state index is 6.03. The van der Waals surface area contributed by atoms with Crippen molar-refractivity contribution in [2.45, 2.75) is 33.4 Å². The Balaban J connectivity index is 1.79. The van der Waals surface area contributed by atoms with E-state index in [1.54, 1.807) is 0 Å². The molecule has 3 rings (SSSR count). The summed E-state index contributed by atoms with van der Waals surface area (Å²) in [5.74, 6) is 2.27. The highest BCUT2D eigenvalue weighted by Crippen LogP contribution is 2.29. The lowest BCUT2D eigenvalue weighted by Gasteiger charge is -2.20. The van der Waals surface area contributed by atoms with Crippen LogP contribution < -0.4 is 0 Å². The van der Waals surface area contributed by atoms with Gasteiger partial charge in [0.1, 0.15) is 5.76 Å². The maximum Gasteiger partial charge on any atom is 0.212 e. The molecule has 0 N–H and O–H groups in total. The van der Waals surface area contributed by atoms with E-state index in [0.29, 0.717) is 17.5 Å². The highest BCUT2D eigenvalue weighted by Gasteiger charge is 2.21. The Morgan fingerprint density at radius 1 is 1.21 bits per heavy atom. The Kier molecular flexibility index (Phi) is 4.73. The normalized spacial score (nSPS) is 12.8. The average Bonchev–Trinajstić information content (AvgIpc) is 3.13. The third-order valence-electron chi connectivity index (χ3n) is 4.03. The number of benzene rings is 1. The molecule has 6 heteroatoms. The number of aromatic nitrogens is 2. The fraction of sp³-hybridized carbons (Fsp3) is 0.333. The molecule has 24 heavy (non-hydrogen) atoms. The van der Waals surface area contributed by atoms with E-state index < -0.39 is 0 Å². The molecular weight excluding hydrogens is 326 g/mol. The molecule has 0 aliphatic carbocycles. The number of nitrogens with zero attached hydrogens (tertiary/aromatic N) is 3. The molecule has 0 unspecified atom stereocenters. The Bertz CT molecular complexity index is 823. The predicted octanol–water partition coefficient (Wildman–Crippen LogP) is 4.79. The molecule has 0 radical (unpaired) electrons. The van der Waals surface area contributed by atoms with Crippen LogP contribution in [0.1, 0.15) is 36.0 Å². The van der Waals surface area contributed by atoms with Crippen molar-refractivity contribution in [1.82, 2.24) is 15.0 Å². The molecule has 0 fully saturated rings. The molecule has 2 heterocycles. The number of aryl methyl sites for hydroxylation is 2. The molecule has 1 atom stereocenters. The summed E-state index contributed by atoms with van der Waals surface area (Å²) >= 11 is 5.95. The molecule has 126 valence electrons. The van der Waals surface area contributed by atoms with Gasteiger partial charge in [-0.15, -0.1) is 0 Å². The van der Waals surface area contributed by atoms with Gasteiger partial charge in [-0.1, -0.05) is 16.8 Å². The summed E-state index contributed by atoms with van der Waals surface area (Å²) < 4.78 is 11.1. The standard InChI is InChI=1S/C18H20ClN3O2/c1-11-9-16(21-24-11)10-22(4)13(3)18-20-12(2)17(23-18)14-5-7-15(19)8-6-14/h5-9,13H,10H2,1-4H3/t13-/m0/s1. The number of hydrogen-bond donors (Lipinski definition) is 0. The second-order valence-electron chi connectivity index (χ2n) is 5.99. The first-order valence-electron chi connectivity index (χ1n) is 7.79. The van der Waals surface area contributed by atoms with E-state index in [4.69, 9.17) is 20.5 Å². The minimum absolute atomic E-state index is 0.0155. The first-order valence-corrected chi connectivity index (χ1v) is 8.17. The van der Waals surface area contributed by atoms with Crippen LogP contribution in [0.4, 0.5) is 0 Å². The summed E-state index contributed by atoms with van der Waals surface area (Å²) in [6, 6.07) is 9.52. The predicted molar refractivity (Wildman–Crippen MR) is 92.8 cm³/mol. The van der Waals surface area contributed by atoms with Crippen LogP contribution >= 0.6 is 11.6 Å². The van der Waals surface area contributed by atoms with Gasteiger partial charge in [0, 0.05) is 23.2 Å². The molecule has 2 aromatic heterocycles. The molecule has 5 nitrogen and oxygen atoms in total. The van der Waals surface area contributed by atoms with Crippen LogP contribution in [0.15, 0.2) is 39.3 Å². The SMILES string of the molecule is Cc1cc(CN(C)[C@@H](C)c2nc(C)c(-c3ccc(Cl)cc3)o2)no1. The van der Waals surface area contributed by atoms with Gasteiger partial charge in [0.2, 0.25) is 5.89 Å². The molecule has 0 spiro atoms. The highest BCUT2D eigenvalue weighted by molar-refractivity contribution is 6.30. The van der Waals surface area contributed by atoms with Crippen LogP contribution in [0.5, 0.6) is 0 Å². The smallest absolute Gasteiger partial charge is 0.212 e. The van der Waals surface area contributed by atoms with Crippen molar-refractivity contribution in [3.8, 4) is 11.3 Å². The van der Waals surface area contributed by atoms with Crippen molar-refractivity contribution >= 4 is 11.6 Å². The van der Waals surface area contributed by atoms with E-state index in [9.17, 15) is 0 Å². The first-order chi connectivity index (χ1) is 11.4. The monoisotopic (exact) mass is 345 g/mol. The molecule has 0 aliphatic heterocycles. The van der Waals surface area contributed by atoms with Crippen LogP contribution in [0.2, 0.25) is 5.02 Å². The van der Waals surface area contributed by atoms with E-state index in [0.717, 1.165) is 28.5 Å². The van der Waals surface area contributed by atoms with Gasteiger partial charge in [-0.25, -0.2) is 4.98 Å². The molecule has 0 aliphatic rings. The molecular formula is C18H20ClN3O2. The zero-order valence-corrected chi connectivity index (χ0v) is 15.0. The summed E-state index contributed by atoms with van der Waals surface area (Å²) in [6.45, 7) is 6.56. The van der Waals surface area contributed by atoms with E-state index in [-0.39, 0.29) is 6.04 Å². The fourth-order valence-corrected chi connectivity index (χ4v) is 2.66. The Hall–Kier alpha value is -2.11. The minimum atomic E-state index is 0.0155. The van der Waals surface area contributed by atoms with Crippen molar-refractivity contribution in [1.29, 1.82) is 0 Å². The van der Waals surface area contributed by atoms with Crippen LogP contribution in [0.3, 0.4) is 0 Å². The zero-order valence-electron chi connectivity index (χ0n) is 14.2. The van der Waals surface area contributed by atoms with Gasteiger partial charge in [0.25, 0.3) is 0 Å². The van der Waals surface area contributed by atoms with Gasteiger partial charge in [-0.3, -0.25) is 4.90 Å². The second kappa shape index (κ2) is 6.79. The lowest BCUT2D eigenvalue weighted by molar-refractivity contribution is 0.212. The van der Waals surface area contributed by atoms with Gasteiger partial charge in [-0.2, -0.15) is 0 Å². The maximum absolute atomic E-state index is 6.03. The summed E-state index contributed by atoms with van der Waals surface area (Å²) in [6.07, 6.45) is 0. The summed E-state index contributed by atoms with van der Waals surface area (Å²) in [4.78, 5) is 6.71. The van der Waals surface area contributed by atoms with Gasteiger partial charge in [0.15, 0.2) is 5.76 Å². The average molecular weight is 346 g/mol. The number of oxazole rings is 1. The molecule has 0 saturated heterocycles. The lowest BCUT2D eigenvalue weighted by Crippen LogP contribution is -2.22. The summed E-state index contributed by atoms with van der Waals surface area (Å²) in [5, 5.41) is 4.73.